The lowest BCUT2D eigenvalue weighted by Gasteiger charge is -2.08. The largest absolute Gasteiger partial charge is 0.494 e. The van der Waals surface area contributed by atoms with Crippen molar-refractivity contribution in [1.82, 2.24) is 5.32 Å². The Morgan fingerprint density at radius 3 is 2.57 bits per heavy atom. The molecule has 0 aliphatic carbocycles. The standard InChI is InChI=1S/C21H21ClN4O3S/c1-3-29-17-10-8-16(9-11-17)23-19(27)12-18-20(28)24-21(30-18)26-25-13(2)14-4-6-15(22)7-5-14/h4-11,18H,3,12H2,1-2H3,(H,23,27)(H,24,26,28). The second-order valence-corrected chi connectivity index (χ2v) is 8.03. The van der Waals surface area contributed by atoms with E-state index in [4.69, 9.17) is 16.3 Å². The fraction of sp³-hybridized carbons (Fsp3) is 0.238. The Labute approximate surface area is 183 Å². The molecule has 3 rings (SSSR count). The number of nitrogens with one attached hydrogen (secondary N) is 2. The molecule has 0 bridgehead atoms. The van der Waals surface area contributed by atoms with Crippen LogP contribution in [0.3, 0.4) is 0 Å². The van der Waals surface area contributed by atoms with Crippen LogP contribution < -0.4 is 15.4 Å². The maximum Gasteiger partial charge on any atom is 0.240 e. The lowest BCUT2D eigenvalue weighted by molar-refractivity contribution is -0.122. The van der Waals surface area contributed by atoms with Crippen molar-refractivity contribution in [3.8, 4) is 5.75 Å². The van der Waals surface area contributed by atoms with E-state index in [9.17, 15) is 9.59 Å². The first-order valence-corrected chi connectivity index (χ1v) is 10.6. The van der Waals surface area contributed by atoms with Crippen LogP contribution in [0.2, 0.25) is 5.02 Å². The molecule has 1 aliphatic rings. The molecule has 9 heteroatoms. The normalized spacial score (nSPS) is 17.7. The van der Waals surface area contributed by atoms with Gasteiger partial charge in [-0.05, 0) is 55.8 Å². The van der Waals surface area contributed by atoms with E-state index in [0.717, 1.165) is 11.3 Å². The predicted molar refractivity (Wildman–Crippen MR) is 121 cm³/mol. The van der Waals surface area contributed by atoms with Gasteiger partial charge in [-0.25, -0.2) is 0 Å². The van der Waals surface area contributed by atoms with Gasteiger partial charge in [0.15, 0.2) is 5.17 Å². The number of amides is 2. The zero-order valence-electron chi connectivity index (χ0n) is 16.5. The highest BCUT2D eigenvalue weighted by Crippen LogP contribution is 2.24. The molecule has 2 aromatic rings. The molecule has 1 unspecified atom stereocenters. The van der Waals surface area contributed by atoms with E-state index >= 15 is 0 Å². The first kappa shape index (κ1) is 21.9. The van der Waals surface area contributed by atoms with Gasteiger partial charge in [0.2, 0.25) is 11.8 Å². The zero-order valence-corrected chi connectivity index (χ0v) is 18.1. The first-order chi connectivity index (χ1) is 14.4. The van der Waals surface area contributed by atoms with E-state index < -0.39 is 5.25 Å². The topological polar surface area (TPSA) is 92.2 Å². The van der Waals surface area contributed by atoms with Crippen LogP contribution in [0.5, 0.6) is 5.75 Å². The molecular weight excluding hydrogens is 424 g/mol. The van der Waals surface area contributed by atoms with Gasteiger partial charge in [0.1, 0.15) is 11.0 Å². The fourth-order valence-corrected chi connectivity index (χ4v) is 3.68. The third kappa shape index (κ3) is 6.08. The zero-order chi connectivity index (χ0) is 21.5. The number of benzene rings is 2. The highest BCUT2D eigenvalue weighted by Gasteiger charge is 2.32. The summed E-state index contributed by atoms with van der Waals surface area (Å²) in [5.74, 6) is 0.213. The summed E-state index contributed by atoms with van der Waals surface area (Å²) in [5.41, 5.74) is 2.21. The lowest BCUT2D eigenvalue weighted by Crippen LogP contribution is -2.28. The Kier molecular flexibility index (Phi) is 7.48. The molecule has 2 N–H and O–H groups in total. The molecule has 1 saturated heterocycles. The summed E-state index contributed by atoms with van der Waals surface area (Å²) in [7, 11) is 0. The maximum atomic E-state index is 12.3. The van der Waals surface area contributed by atoms with Crippen LogP contribution in [0.15, 0.2) is 58.7 Å². The van der Waals surface area contributed by atoms with Crippen molar-refractivity contribution in [2.45, 2.75) is 25.5 Å². The molecule has 1 heterocycles. The van der Waals surface area contributed by atoms with Crippen molar-refractivity contribution in [3.63, 3.8) is 0 Å². The molecule has 1 fully saturated rings. The molecule has 0 spiro atoms. The molecule has 1 aliphatic heterocycles. The van der Waals surface area contributed by atoms with E-state index in [1.807, 2.05) is 26.0 Å². The van der Waals surface area contributed by atoms with Gasteiger partial charge in [0, 0.05) is 17.1 Å². The van der Waals surface area contributed by atoms with Gasteiger partial charge < -0.3 is 15.4 Å². The fourth-order valence-electron chi connectivity index (χ4n) is 2.64. The van der Waals surface area contributed by atoms with Gasteiger partial charge >= 0.3 is 0 Å². The van der Waals surface area contributed by atoms with E-state index in [1.165, 1.54) is 11.8 Å². The minimum Gasteiger partial charge on any atom is -0.494 e. The van der Waals surface area contributed by atoms with E-state index in [-0.39, 0.29) is 18.2 Å². The quantitative estimate of drug-likeness (QED) is 0.497. The first-order valence-electron chi connectivity index (χ1n) is 9.33. The van der Waals surface area contributed by atoms with E-state index in [2.05, 4.69) is 20.8 Å². The van der Waals surface area contributed by atoms with Gasteiger partial charge in [-0.15, -0.1) is 5.10 Å². The number of amidine groups is 1. The van der Waals surface area contributed by atoms with Crippen LogP contribution in [0, 0.1) is 0 Å². The summed E-state index contributed by atoms with van der Waals surface area (Å²) in [6, 6.07) is 14.3. The number of carbonyl (C=O) groups excluding carboxylic acids is 2. The van der Waals surface area contributed by atoms with E-state index in [1.54, 1.807) is 36.4 Å². The summed E-state index contributed by atoms with van der Waals surface area (Å²) >= 11 is 7.07. The number of hydrogen-bond acceptors (Lipinski definition) is 6. The Balaban J connectivity index is 1.55. The molecule has 2 amide bonds. The lowest BCUT2D eigenvalue weighted by atomic mass is 10.1. The Hall–Kier alpha value is -2.84. The van der Waals surface area contributed by atoms with Gasteiger partial charge in [0.25, 0.3) is 0 Å². The second kappa shape index (κ2) is 10.3. The minimum atomic E-state index is -0.558. The summed E-state index contributed by atoms with van der Waals surface area (Å²) in [6.45, 7) is 4.30. The number of halogens is 1. The number of nitrogens with zero attached hydrogens (tertiary/aromatic N) is 2. The Bertz CT molecular complexity index is 975. The number of hydrogen-bond donors (Lipinski definition) is 2. The van der Waals surface area contributed by atoms with Gasteiger partial charge in [-0.3, -0.25) is 9.59 Å². The Morgan fingerprint density at radius 1 is 1.20 bits per heavy atom. The van der Waals surface area contributed by atoms with Crippen molar-refractivity contribution < 1.29 is 14.3 Å². The van der Waals surface area contributed by atoms with Crippen LogP contribution in [0.1, 0.15) is 25.8 Å². The third-order valence-corrected chi connectivity index (χ3v) is 5.47. The molecule has 7 nitrogen and oxygen atoms in total. The highest BCUT2D eigenvalue weighted by atomic mass is 35.5. The second-order valence-electron chi connectivity index (χ2n) is 6.40. The predicted octanol–water partition coefficient (Wildman–Crippen LogP) is 4.08. The van der Waals surface area contributed by atoms with Gasteiger partial charge in [-0.1, -0.05) is 35.5 Å². The van der Waals surface area contributed by atoms with Crippen LogP contribution in [0.4, 0.5) is 5.69 Å². The highest BCUT2D eigenvalue weighted by molar-refractivity contribution is 8.15. The molecule has 0 saturated carbocycles. The van der Waals surface area contributed by atoms with Crippen LogP contribution in [-0.4, -0.2) is 34.6 Å². The van der Waals surface area contributed by atoms with Gasteiger partial charge in [0.05, 0.1) is 12.3 Å². The number of carbonyl (C=O) groups is 2. The number of anilines is 1. The monoisotopic (exact) mass is 444 g/mol. The van der Waals surface area contributed by atoms with Crippen LogP contribution in [0.25, 0.3) is 0 Å². The van der Waals surface area contributed by atoms with Crippen LogP contribution >= 0.6 is 23.4 Å². The van der Waals surface area contributed by atoms with Gasteiger partial charge in [-0.2, -0.15) is 5.10 Å². The molecule has 156 valence electrons. The number of rotatable bonds is 7. The smallest absolute Gasteiger partial charge is 0.240 e. The maximum absolute atomic E-state index is 12.3. The molecule has 0 aromatic heterocycles. The van der Waals surface area contributed by atoms with Crippen LogP contribution in [-0.2, 0) is 9.59 Å². The molecule has 1 atom stereocenters. The number of thioether (sulfide) groups is 1. The summed E-state index contributed by atoms with van der Waals surface area (Å²) in [6.07, 6.45) is 0.0304. The Morgan fingerprint density at radius 2 is 1.90 bits per heavy atom. The van der Waals surface area contributed by atoms with Crippen molar-refractivity contribution in [2.75, 3.05) is 11.9 Å². The van der Waals surface area contributed by atoms with Crippen molar-refractivity contribution in [3.05, 3.63) is 59.1 Å². The van der Waals surface area contributed by atoms with Crippen molar-refractivity contribution >= 4 is 51.7 Å². The molecule has 2 aromatic carbocycles. The van der Waals surface area contributed by atoms with Crippen molar-refractivity contribution in [2.24, 2.45) is 10.2 Å². The minimum absolute atomic E-state index is 0.0304. The summed E-state index contributed by atoms with van der Waals surface area (Å²) in [4.78, 5) is 24.5. The molecular formula is C21H21ClN4O3S. The average Bonchev–Trinajstić information content (AvgIpc) is 3.07. The third-order valence-electron chi connectivity index (χ3n) is 4.15. The molecule has 30 heavy (non-hydrogen) atoms. The molecule has 0 radical (unpaired) electrons. The van der Waals surface area contributed by atoms with E-state index in [0.29, 0.717) is 28.2 Å². The average molecular weight is 445 g/mol. The number of ether oxygens (including phenoxy) is 1. The SMILES string of the molecule is CCOc1ccc(NC(=O)CC2SC(=NN=C(C)c3ccc(Cl)cc3)NC2=O)cc1. The summed E-state index contributed by atoms with van der Waals surface area (Å²) < 4.78 is 5.37. The van der Waals surface area contributed by atoms with Crippen molar-refractivity contribution in [1.29, 1.82) is 0 Å². The summed E-state index contributed by atoms with van der Waals surface area (Å²) in [5, 5.41) is 14.2.